The molecule has 1 saturated heterocycles. The van der Waals surface area contributed by atoms with E-state index in [9.17, 15) is 9.18 Å². The molecule has 0 aliphatic carbocycles. The Balaban J connectivity index is 1.31. The molecule has 0 spiro atoms. The molecular formula is C31H29FN8O3. The summed E-state index contributed by atoms with van der Waals surface area (Å²) in [5.74, 6) is 5.78. The smallest absolute Gasteiger partial charge is 0.320 e. The molecule has 12 heteroatoms. The van der Waals surface area contributed by atoms with Crippen LogP contribution in [0.4, 0.5) is 15.0 Å². The number of carbonyl (C=O) groups excluding carboxylic acids is 1. The molecule has 1 aliphatic heterocycles. The number of nitrogens with one attached hydrogen (secondary N) is 2. The van der Waals surface area contributed by atoms with E-state index in [-0.39, 0.29) is 6.61 Å². The van der Waals surface area contributed by atoms with Gasteiger partial charge in [-0.1, -0.05) is 30.0 Å². The third kappa shape index (κ3) is 5.81. The van der Waals surface area contributed by atoms with E-state index in [0.29, 0.717) is 23.5 Å². The van der Waals surface area contributed by atoms with Crippen LogP contribution in [0.25, 0.3) is 28.1 Å². The number of benzene rings is 1. The van der Waals surface area contributed by atoms with Crippen LogP contribution in [0.1, 0.15) is 23.7 Å². The van der Waals surface area contributed by atoms with Crippen LogP contribution in [0.2, 0.25) is 0 Å². The molecule has 11 nitrogen and oxygen atoms in total. The summed E-state index contributed by atoms with van der Waals surface area (Å²) in [7, 11) is 3.44. The van der Waals surface area contributed by atoms with Crippen molar-refractivity contribution in [2.75, 3.05) is 19.0 Å². The maximum Gasteiger partial charge on any atom is 0.320 e. The van der Waals surface area contributed by atoms with E-state index >= 15 is 0 Å². The van der Waals surface area contributed by atoms with Gasteiger partial charge in [-0.3, -0.25) is 5.32 Å². The zero-order valence-electron chi connectivity index (χ0n) is 23.8. The molecule has 0 radical (unpaired) electrons. The summed E-state index contributed by atoms with van der Waals surface area (Å²) in [6.07, 6.45) is 4.13. The molecule has 2 unspecified atom stereocenters. The second-order valence-electron chi connectivity index (χ2n) is 10.1. The first kappa shape index (κ1) is 28.0. The van der Waals surface area contributed by atoms with Gasteiger partial charge in [0.2, 0.25) is 5.95 Å². The Hall–Kier alpha value is -5.12. The molecule has 1 aliphatic rings. The number of fused-ring (bicyclic) bond motifs is 1. The first-order chi connectivity index (χ1) is 20.9. The number of aromatic nitrogens is 6. The second-order valence-corrected chi connectivity index (χ2v) is 10.1. The maximum atomic E-state index is 14.0. The average Bonchev–Trinajstić information content (AvgIpc) is 3.69. The summed E-state index contributed by atoms with van der Waals surface area (Å²) in [6, 6.07) is 13.4. The number of hydrogen-bond donors (Lipinski definition) is 2. The van der Waals surface area contributed by atoms with E-state index in [4.69, 9.17) is 14.6 Å². The summed E-state index contributed by atoms with van der Waals surface area (Å²) in [6.45, 7) is 2.14. The fourth-order valence-electron chi connectivity index (χ4n) is 5.17. The molecular weight excluding hydrogens is 551 g/mol. The van der Waals surface area contributed by atoms with Crippen molar-refractivity contribution in [1.82, 2.24) is 34.6 Å². The Morgan fingerprint density at radius 2 is 2.02 bits per heavy atom. The SMILES string of the molecule is COCC#CC1C[C@@H](NC(=O)Nc2c(C)c(-c3cnc4c(c3)ncn4C)nn2-c2ccccc2)C(c2ccnc(F)c2)O1. The molecule has 1 aromatic carbocycles. The van der Waals surface area contributed by atoms with Crippen molar-refractivity contribution in [3.05, 3.63) is 84.3 Å². The van der Waals surface area contributed by atoms with Crippen molar-refractivity contribution in [2.24, 2.45) is 7.05 Å². The molecule has 2 amide bonds. The van der Waals surface area contributed by atoms with E-state index in [1.165, 1.54) is 12.3 Å². The first-order valence-corrected chi connectivity index (χ1v) is 13.7. The van der Waals surface area contributed by atoms with Gasteiger partial charge >= 0.3 is 6.03 Å². The molecule has 6 rings (SSSR count). The number of para-hydroxylation sites is 1. The number of hydrogen-bond acceptors (Lipinski definition) is 7. The van der Waals surface area contributed by atoms with E-state index in [0.717, 1.165) is 28.0 Å². The number of methoxy groups -OCH3 is 1. The van der Waals surface area contributed by atoms with Gasteiger partial charge < -0.3 is 19.4 Å². The summed E-state index contributed by atoms with van der Waals surface area (Å²) in [5.41, 5.74) is 4.99. The minimum absolute atomic E-state index is 0.251. The van der Waals surface area contributed by atoms with Gasteiger partial charge in [-0.2, -0.15) is 9.49 Å². The average molecular weight is 581 g/mol. The number of nitrogens with zero attached hydrogens (tertiary/aromatic N) is 6. The van der Waals surface area contributed by atoms with Crippen LogP contribution in [-0.2, 0) is 16.5 Å². The first-order valence-electron chi connectivity index (χ1n) is 13.7. The fourth-order valence-corrected chi connectivity index (χ4v) is 5.17. The zero-order valence-corrected chi connectivity index (χ0v) is 23.8. The number of imidazole rings is 1. The van der Waals surface area contributed by atoms with Gasteiger partial charge in [0.1, 0.15) is 30.1 Å². The number of carbonyl (C=O) groups is 1. The lowest BCUT2D eigenvalue weighted by atomic mass is 10.0. The number of urea groups is 1. The molecule has 43 heavy (non-hydrogen) atoms. The number of ether oxygens (including phenoxy) is 2. The molecule has 5 heterocycles. The Kier molecular flexibility index (Phi) is 7.83. The lowest BCUT2D eigenvalue weighted by Gasteiger charge is -2.20. The molecule has 0 bridgehead atoms. The Bertz CT molecular complexity index is 1840. The number of halogens is 1. The topological polar surface area (TPSA) is 121 Å². The van der Waals surface area contributed by atoms with Gasteiger partial charge in [0, 0.05) is 44.1 Å². The minimum Gasteiger partial charge on any atom is -0.372 e. The normalized spacial score (nSPS) is 17.9. The van der Waals surface area contributed by atoms with Crippen LogP contribution in [0.15, 0.2) is 67.3 Å². The quantitative estimate of drug-likeness (QED) is 0.227. The van der Waals surface area contributed by atoms with Gasteiger partial charge in [-0.05, 0) is 42.8 Å². The Morgan fingerprint density at radius 3 is 2.81 bits per heavy atom. The van der Waals surface area contributed by atoms with Crippen molar-refractivity contribution in [3.63, 3.8) is 0 Å². The van der Waals surface area contributed by atoms with Crippen LogP contribution < -0.4 is 10.6 Å². The monoisotopic (exact) mass is 580 g/mol. The van der Waals surface area contributed by atoms with Crippen LogP contribution in [-0.4, -0.2) is 61.2 Å². The van der Waals surface area contributed by atoms with Gasteiger partial charge in [0.15, 0.2) is 5.65 Å². The molecule has 4 aromatic heterocycles. The van der Waals surface area contributed by atoms with Gasteiger partial charge in [-0.25, -0.2) is 24.4 Å². The van der Waals surface area contributed by atoms with Crippen LogP contribution in [0, 0.1) is 24.7 Å². The molecule has 2 N–H and O–H groups in total. The summed E-state index contributed by atoms with van der Waals surface area (Å²) in [4.78, 5) is 26.2. The maximum absolute atomic E-state index is 14.0. The van der Waals surface area contributed by atoms with Crippen LogP contribution >= 0.6 is 0 Å². The predicted octanol–water partition coefficient (Wildman–Crippen LogP) is 4.33. The molecule has 0 saturated carbocycles. The summed E-state index contributed by atoms with van der Waals surface area (Å²) in [5, 5.41) is 10.9. The predicted molar refractivity (Wildman–Crippen MR) is 158 cm³/mol. The van der Waals surface area contributed by atoms with E-state index < -0.39 is 30.2 Å². The molecule has 3 atom stereocenters. The number of amides is 2. The highest BCUT2D eigenvalue weighted by atomic mass is 19.1. The van der Waals surface area contributed by atoms with Crippen molar-refractivity contribution in [2.45, 2.75) is 31.6 Å². The van der Waals surface area contributed by atoms with E-state index in [2.05, 4.69) is 37.4 Å². The Morgan fingerprint density at radius 1 is 1.19 bits per heavy atom. The number of aryl methyl sites for hydroxylation is 1. The third-order valence-electron chi connectivity index (χ3n) is 7.20. The highest BCUT2D eigenvalue weighted by Gasteiger charge is 2.37. The van der Waals surface area contributed by atoms with E-state index in [1.807, 2.05) is 54.9 Å². The molecule has 1 fully saturated rings. The van der Waals surface area contributed by atoms with Crippen molar-refractivity contribution >= 4 is 23.0 Å². The third-order valence-corrected chi connectivity index (χ3v) is 7.20. The lowest BCUT2D eigenvalue weighted by Crippen LogP contribution is -2.40. The van der Waals surface area contributed by atoms with Crippen molar-refractivity contribution < 1.29 is 18.7 Å². The molecule has 5 aromatic rings. The Labute approximate surface area is 247 Å². The standard InChI is InChI=1S/C31H29FN8O3/c1-19-27(21-14-25-30(34-17-21)39(2)18-35-25)38-40(22-8-5-4-6-9-22)29(19)37-31(41)36-24-16-23(10-7-13-42-3)43-28(24)20-11-12-33-26(32)15-20/h4-6,8-9,11-12,14-15,17-18,23-24,28H,13,16H2,1-3H3,(H2,36,37,41)/t23?,24-,28?/m1/s1. The number of anilines is 1. The van der Waals surface area contributed by atoms with Gasteiger partial charge in [0.05, 0.1) is 23.8 Å². The largest absolute Gasteiger partial charge is 0.372 e. The van der Waals surface area contributed by atoms with Gasteiger partial charge in [-0.15, -0.1) is 0 Å². The van der Waals surface area contributed by atoms with Crippen LogP contribution in [0.3, 0.4) is 0 Å². The summed E-state index contributed by atoms with van der Waals surface area (Å²) < 4.78 is 28.7. The van der Waals surface area contributed by atoms with Crippen LogP contribution in [0.5, 0.6) is 0 Å². The summed E-state index contributed by atoms with van der Waals surface area (Å²) >= 11 is 0. The van der Waals surface area contributed by atoms with Crippen molar-refractivity contribution in [1.29, 1.82) is 0 Å². The lowest BCUT2D eigenvalue weighted by molar-refractivity contribution is 0.0678. The fraction of sp³-hybridized carbons (Fsp3) is 0.258. The number of rotatable bonds is 6. The van der Waals surface area contributed by atoms with Crippen molar-refractivity contribution in [3.8, 4) is 28.8 Å². The number of pyridine rings is 2. The minimum atomic E-state index is -0.633. The molecule has 218 valence electrons. The highest BCUT2D eigenvalue weighted by Crippen LogP contribution is 2.34. The van der Waals surface area contributed by atoms with E-state index in [1.54, 1.807) is 30.4 Å². The second kappa shape index (κ2) is 12.0. The zero-order chi connectivity index (χ0) is 29.9. The van der Waals surface area contributed by atoms with Gasteiger partial charge in [0.25, 0.3) is 0 Å². The highest BCUT2D eigenvalue weighted by molar-refractivity contribution is 5.91.